The van der Waals surface area contributed by atoms with E-state index < -0.39 is 15.9 Å². The van der Waals surface area contributed by atoms with Gasteiger partial charge in [-0.25, -0.2) is 8.42 Å². The normalized spacial score (nSPS) is 17.6. The smallest absolute Gasteiger partial charge is 0.246 e. The fourth-order valence-corrected chi connectivity index (χ4v) is 5.25. The average Bonchev–Trinajstić information content (AvgIpc) is 2.74. The number of amides is 1. The molecule has 1 aliphatic rings. The highest BCUT2D eigenvalue weighted by Crippen LogP contribution is 2.32. The molecule has 1 saturated heterocycles. The molecule has 0 radical (unpaired) electrons. The molecule has 1 aliphatic heterocycles. The van der Waals surface area contributed by atoms with Crippen LogP contribution in [0.1, 0.15) is 12.8 Å². The number of ether oxygens (including phenoxy) is 2. The third kappa shape index (κ3) is 4.83. The van der Waals surface area contributed by atoms with Crippen molar-refractivity contribution in [3.63, 3.8) is 0 Å². The van der Waals surface area contributed by atoms with Gasteiger partial charge in [-0.2, -0.15) is 4.31 Å². The number of benzene rings is 2. The van der Waals surface area contributed by atoms with Crippen molar-refractivity contribution >= 4 is 33.2 Å². The average molecular weight is 439 g/mol. The largest absolute Gasteiger partial charge is 0.497 e. The monoisotopic (exact) mass is 438 g/mol. The minimum Gasteiger partial charge on any atom is -0.497 e. The number of rotatable bonds is 6. The van der Waals surface area contributed by atoms with Gasteiger partial charge in [-0.3, -0.25) is 4.79 Å². The molecule has 1 heterocycles. The number of halogens is 1. The van der Waals surface area contributed by atoms with Gasteiger partial charge in [0.05, 0.1) is 20.1 Å². The molecule has 2 aromatic rings. The van der Waals surface area contributed by atoms with Gasteiger partial charge < -0.3 is 14.8 Å². The van der Waals surface area contributed by atoms with Crippen LogP contribution < -0.4 is 14.8 Å². The van der Waals surface area contributed by atoms with Gasteiger partial charge in [-0.05, 0) is 43.2 Å². The molecule has 1 amide bonds. The Bertz CT molecular complexity index is 996. The van der Waals surface area contributed by atoms with Crippen LogP contribution in [0.3, 0.4) is 0 Å². The second kappa shape index (κ2) is 9.02. The molecule has 0 aromatic heterocycles. The number of carbonyl (C=O) groups is 1. The number of hydrogen-bond acceptors (Lipinski definition) is 5. The Morgan fingerprint density at radius 2 is 1.97 bits per heavy atom. The summed E-state index contributed by atoms with van der Waals surface area (Å²) in [6.07, 6.45) is 1.19. The summed E-state index contributed by atoms with van der Waals surface area (Å²) in [7, 11) is -0.897. The van der Waals surface area contributed by atoms with Gasteiger partial charge in [-0.15, -0.1) is 0 Å². The van der Waals surface area contributed by atoms with Gasteiger partial charge in [0.25, 0.3) is 0 Å². The number of methoxy groups -OCH3 is 2. The number of anilines is 1. The van der Waals surface area contributed by atoms with Gasteiger partial charge in [0.1, 0.15) is 16.4 Å². The Morgan fingerprint density at radius 1 is 1.17 bits per heavy atom. The van der Waals surface area contributed by atoms with Crippen molar-refractivity contribution in [3.8, 4) is 11.5 Å². The molecule has 0 saturated carbocycles. The molecular formula is C20H23ClN2O5S. The third-order valence-corrected chi connectivity index (χ3v) is 6.96. The summed E-state index contributed by atoms with van der Waals surface area (Å²) in [4.78, 5) is 12.7. The van der Waals surface area contributed by atoms with Gasteiger partial charge >= 0.3 is 0 Å². The number of carbonyl (C=O) groups excluding carboxylic acids is 1. The van der Waals surface area contributed by atoms with Crippen molar-refractivity contribution < 1.29 is 22.7 Å². The first-order valence-electron chi connectivity index (χ1n) is 9.13. The lowest BCUT2D eigenvalue weighted by atomic mass is 9.98. The quantitative estimate of drug-likeness (QED) is 0.747. The topological polar surface area (TPSA) is 84.9 Å². The van der Waals surface area contributed by atoms with Gasteiger partial charge in [0, 0.05) is 29.9 Å². The molecule has 2 aromatic carbocycles. The first kappa shape index (κ1) is 21.4. The van der Waals surface area contributed by atoms with Crippen molar-refractivity contribution in [1.82, 2.24) is 4.31 Å². The predicted octanol–water partition coefficient (Wildman–Crippen LogP) is 3.40. The Morgan fingerprint density at radius 3 is 2.69 bits per heavy atom. The first-order valence-corrected chi connectivity index (χ1v) is 11.0. The van der Waals surface area contributed by atoms with Crippen LogP contribution in [0.4, 0.5) is 5.69 Å². The zero-order valence-electron chi connectivity index (χ0n) is 16.2. The fourth-order valence-electron chi connectivity index (χ4n) is 3.31. The summed E-state index contributed by atoms with van der Waals surface area (Å²) in [5.74, 6) is 0.159. The van der Waals surface area contributed by atoms with E-state index in [1.54, 1.807) is 37.4 Å². The van der Waals surface area contributed by atoms with E-state index in [9.17, 15) is 13.2 Å². The molecule has 1 fully saturated rings. The van der Waals surface area contributed by atoms with Crippen molar-refractivity contribution in [1.29, 1.82) is 0 Å². The van der Waals surface area contributed by atoms with Crippen LogP contribution in [0.2, 0.25) is 5.02 Å². The lowest BCUT2D eigenvalue weighted by Crippen LogP contribution is -2.43. The Labute approximate surface area is 175 Å². The molecule has 1 atom stereocenters. The van der Waals surface area contributed by atoms with Crippen LogP contribution in [0, 0.1) is 5.92 Å². The molecule has 9 heteroatoms. The van der Waals surface area contributed by atoms with Crippen molar-refractivity contribution in [2.45, 2.75) is 17.7 Å². The predicted molar refractivity (Wildman–Crippen MR) is 111 cm³/mol. The summed E-state index contributed by atoms with van der Waals surface area (Å²) in [6.45, 7) is 0.425. The molecular weight excluding hydrogens is 416 g/mol. The molecule has 0 aliphatic carbocycles. The van der Waals surface area contributed by atoms with Crippen LogP contribution >= 0.6 is 11.6 Å². The van der Waals surface area contributed by atoms with E-state index >= 15 is 0 Å². The van der Waals surface area contributed by atoms with Crippen molar-refractivity contribution in [2.75, 3.05) is 32.6 Å². The number of sulfonamides is 1. The molecule has 3 rings (SSSR count). The maximum absolute atomic E-state index is 13.2. The molecule has 0 spiro atoms. The maximum Gasteiger partial charge on any atom is 0.246 e. The van der Waals surface area contributed by atoms with Crippen LogP contribution in [0.5, 0.6) is 11.5 Å². The fraction of sp³-hybridized carbons (Fsp3) is 0.350. The van der Waals surface area contributed by atoms with Gasteiger partial charge in [-0.1, -0.05) is 17.7 Å². The number of nitrogens with one attached hydrogen (secondary N) is 1. The second-order valence-electron chi connectivity index (χ2n) is 6.72. The minimum absolute atomic E-state index is 0.00125. The standard InChI is InChI=1S/C20H23ClN2O5S/c1-27-17-7-3-6-16(12-17)22-20(24)14-5-4-10-23(13-14)29(25,26)19-11-15(21)8-9-18(19)28-2/h3,6-9,11-12,14H,4-5,10,13H2,1-2H3,(H,22,24)/t14-/m1/s1. The Balaban J connectivity index is 1.77. The molecule has 29 heavy (non-hydrogen) atoms. The zero-order chi connectivity index (χ0) is 21.0. The molecule has 156 valence electrons. The van der Waals surface area contributed by atoms with Gasteiger partial charge in [0.2, 0.25) is 15.9 Å². The highest BCUT2D eigenvalue weighted by atomic mass is 35.5. The van der Waals surface area contributed by atoms with Crippen LogP contribution in [-0.4, -0.2) is 45.9 Å². The highest BCUT2D eigenvalue weighted by Gasteiger charge is 2.35. The Kier molecular flexibility index (Phi) is 6.66. The second-order valence-corrected chi connectivity index (χ2v) is 9.06. The summed E-state index contributed by atoms with van der Waals surface area (Å²) in [6, 6.07) is 11.5. The summed E-state index contributed by atoms with van der Waals surface area (Å²) < 4.78 is 38.0. The summed E-state index contributed by atoms with van der Waals surface area (Å²) in [5.41, 5.74) is 0.603. The van der Waals surface area contributed by atoms with Crippen LogP contribution in [-0.2, 0) is 14.8 Å². The van der Waals surface area contributed by atoms with Crippen molar-refractivity contribution in [3.05, 3.63) is 47.5 Å². The van der Waals surface area contributed by atoms with Gasteiger partial charge in [0.15, 0.2) is 0 Å². The maximum atomic E-state index is 13.2. The molecule has 7 nitrogen and oxygen atoms in total. The lowest BCUT2D eigenvalue weighted by Gasteiger charge is -2.31. The van der Waals surface area contributed by atoms with E-state index in [1.165, 1.54) is 23.5 Å². The van der Waals surface area contributed by atoms with E-state index in [1.807, 2.05) is 0 Å². The molecule has 0 unspecified atom stereocenters. The number of hydrogen-bond donors (Lipinski definition) is 1. The summed E-state index contributed by atoms with van der Waals surface area (Å²) >= 11 is 6.00. The lowest BCUT2D eigenvalue weighted by molar-refractivity contribution is -0.120. The minimum atomic E-state index is -3.85. The zero-order valence-corrected chi connectivity index (χ0v) is 17.8. The van der Waals surface area contributed by atoms with Crippen molar-refractivity contribution in [2.24, 2.45) is 5.92 Å². The number of nitrogens with zero attached hydrogens (tertiary/aromatic N) is 1. The Hall–Kier alpha value is -2.29. The molecule has 1 N–H and O–H groups in total. The van der Waals surface area contributed by atoms with E-state index in [-0.39, 0.29) is 23.1 Å². The van der Waals surface area contributed by atoms with Crippen LogP contribution in [0.25, 0.3) is 0 Å². The molecule has 0 bridgehead atoms. The number of piperidine rings is 1. The SMILES string of the molecule is COc1cccc(NC(=O)[C@@H]2CCCN(S(=O)(=O)c3cc(Cl)ccc3OC)C2)c1. The highest BCUT2D eigenvalue weighted by molar-refractivity contribution is 7.89. The van der Waals surface area contributed by atoms with E-state index in [2.05, 4.69) is 5.32 Å². The van der Waals surface area contributed by atoms with Crippen LogP contribution in [0.15, 0.2) is 47.4 Å². The third-order valence-electron chi connectivity index (χ3n) is 4.84. The van der Waals surface area contributed by atoms with E-state index in [0.29, 0.717) is 35.8 Å². The summed E-state index contributed by atoms with van der Waals surface area (Å²) in [5, 5.41) is 3.14. The van der Waals surface area contributed by atoms with E-state index in [0.717, 1.165) is 0 Å². The first-order chi connectivity index (χ1) is 13.8. The van der Waals surface area contributed by atoms with E-state index in [4.69, 9.17) is 21.1 Å².